The fourth-order valence-electron chi connectivity index (χ4n) is 0.232. The van der Waals surface area contributed by atoms with Crippen molar-refractivity contribution in [2.24, 2.45) is 0 Å². The molecule has 0 heterocycles. The Labute approximate surface area is 63.9 Å². The van der Waals surface area contributed by atoms with Gasteiger partial charge in [-0.3, -0.25) is 0 Å². The summed E-state index contributed by atoms with van der Waals surface area (Å²) >= 11 is 16.2. The lowest BCUT2D eigenvalue weighted by Gasteiger charge is -2.06. The van der Waals surface area contributed by atoms with E-state index in [2.05, 4.69) is 4.74 Å². The minimum absolute atomic E-state index is 0.302. The van der Waals surface area contributed by atoms with Gasteiger partial charge in [-0.1, -0.05) is 0 Å². The van der Waals surface area contributed by atoms with Gasteiger partial charge in [-0.05, 0) is 0 Å². The van der Waals surface area contributed by atoms with Crippen LogP contribution in [0.2, 0.25) is 0 Å². The molecule has 0 radical (unpaired) electrons. The first-order valence-electron chi connectivity index (χ1n) is 2.09. The third kappa shape index (κ3) is 3.79. The van der Waals surface area contributed by atoms with Crippen molar-refractivity contribution >= 4 is 34.8 Å². The van der Waals surface area contributed by atoms with E-state index < -0.39 is 4.84 Å². The molecule has 0 aliphatic rings. The van der Waals surface area contributed by atoms with E-state index in [0.29, 0.717) is 6.61 Å². The zero-order chi connectivity index (χ0) is 6.57. The molecule has 0 rings (SSSR count). The Bertz CT molecular complexity index is 57.2. The molecule has 0 aliphatic heterocycles. The molecule has 50 valence electrons. The van der Waals surface area contributed by atoms with Gasteiger partial charge in [0.2, 0.25) is 0 Å². The summed E-state index contributed by atoms with van der Waals surface area (Å²) in [7, 11) is 1.55. The van der Waals surface area contributed by atoms with Crippen LogP contribution >= 0.6 is 34.8 Å². The summed E-state index contributed by atoms with van der Waals surface area (Å²) < 4.78 is 4.66. The summed E-state index contributed by atoms with van der Waals surface area (Å²) in [5.74, 6) is 0. The van der Waals surface area contributed by atoms with Gasteiger partial charge in [0.1, 0.15) is 4.84 Å². The molecule has 0 N–H and O–H groups in total. The van der Waals surface area contributed by atoms with Crippen LogP contribution in [0.5, 0.6) is 0 Å². The van der Waals surface area contributed by atoms with Crippen LogP contribution in [0.4, 0.5) is 0 Å². The number of hydrogen-bond acceptors (Lipinski definition) is 1. The molecular formula is C4H7Cl3O. The lowest BCUT2D eigenvalue weighted by atomic mass is 10.5. The lowest BCUT2D eigenvalue weighted by molar-refractivity contribution is 0.200. The monoisotopic (exact) mass is 176 g/mol. The van der Waals surface area contributed by atoms with Gasteiger partial charge < -0.3 is 4.74 Å². The predicted molar refractivity (Wildman–Crippen MR) is 37.0 cm³/mol. The third-order valence-electron chi connectivity index (χ3n) is 0.599. The first-order chi connectivity index (χ1) is 3.68. The second-order valence-electron chi connectivity index (χ2n) is 1.31. The molecule has 0 spiro atoms. The third-order valence-corrected chi connectivity index (χ3v) is 1.84. The largest absolute Gasteiger partial charge is 0.383 e. The van der Waals surface area contributed by atoms with Crippen molar-refractivity contribution in [3.8, 4) is 0 Å². The second kappa shape index (κ2) is 4.68. The van der Waals surface area contributed by atoms with E-state index in [0.717, 1.165) is 0 Å². The topological polar surface area (TPSA) is 9.23 Å². The van der Waals surface area contributed by atoms with Gasteiger partial charge in [-0.25, -0.2) is 0 Å². The molecule has 0 fully saturated rings. The van der Waals surface area contributed by atoms with Crippen LogP contribution in [0.25, 0.3) is 0 Å². The van der Waals surface area contributed by atoms with Crippen molar-refractivity contribution in [1.82, 2.24) is 0 Å². The number of methoxy groups -OCH3 is 1. The molecule has 0 aromatic rings. The molecular weight excluding hydrogens is 170 g/mol. The van der Waals surface area contributed by atoms with Crippen LogP contribution in [0.1, 0.15) is 0 Å². The van der Waals surface area contributed by atoms with Crippen molar-refractivity contribution < 1.29 is 4.74 Å². The van der Waals surface area contributed by atoms with Crippen molar-refractivity contribution in [3.05, 3.63) is 0 Å². The van der Waals surface area contributed by atoms with E-state index in [-0.39, 0.29) is 5.38 Å². The molecule has 0 saturated heterocycles. The molecule has 0 saturated carbocycles. The molecule has 4 heteroatoms. The van der Waals surface area contributed by atoms with Crippen LogP contribution in [0.15, 0.2) is 0 Å². The Hall–Kier alpha value is 0.830. The highest BCUT2D eigenvalue weighted by molar-refractivity contribution is 6.48. The molecule has 1 atom stereocenters. The van der Waals surface area contributed by atoms with E-state index in [1.807, 2.05) is 0 Å². The van der Waals surface area contributed by atoms with E-state index in [4.69, 9.17) is 34.8 Å². The zero-order valence-corrected chi connectivity index (χ0v) is 6.67. The van der Waals surface area contributed by atoms with Crippen LogP contribution in [-0.2, 0) is 4.74 Å². The summed E-state index contributed by atoms with van der Waals surface area (Å²) in [5.41, 5.74) is 0. The Morgan fingerprint density at radius 2 is 1.88 bits per heavy atom. The first-order valence-corrected chi connectivity index (χ1v) is 3.40. The van der Waals surface area contributed by atoms with Gasteiger partial charge in [0.25, 0.3) is 0 Å². The van der Waals surface area contributed by atoms with Crippen LogP contribution in [-0.4, -0.2) is 23.9 Å². The predicted octanol–water partition coefficient (Wildman–Crippen LogP) is 2.04. The normalized spacial score (nSPS) is 14.6. The summed E-state index contributed by atoms with van der Waals surface area (Å²) in [6.07, 6.45) is 0. The van der Waals surface area contributed by atoms with E-state index in [1.165, 1.54) is 0 Å². The lowest BCUT2D eigenvalue weighted by Crippen LogP contribution is -2.14. The number of ether oxygens (including phenoxy) is 1. The Balaban J connectivity index is 3.17. The summed E-state index contributed by atoms with van der Waals surface area (Å²) in [6.45, 7) is 0.388. The zero-order valence-electron chi connectivity index (χ0n) is 4.40. The minimum Gasteiger partial charge on any atom is -0.383 e. The Morgan fingerprint density at radius 3 is 2.00 bits per heavy atom. The highest BCUT2D eigenvalue weighted by Gasteiger charge is 2.11. The Kier molecular flexibility index (Phi) is 5.17. The summed E-state index contributed by atoms with van der Waals surface area (Å²) in [5, 5.41) is -0.302. The summed E-state index contributed by atoms with van der Waals surface area (Å²) in [6, 6.07) is 0. The highest BCUT2D eigenvalue weighted by Crippen LogP contribution is 2.13. The van der Waals surface area contributed by atoms with E-state index >= 15 is 0 Å². The average Bonchev–Trinajstić information content (AvgIpc) is 1.67. The molecule has 1 nitrogen and oxygen atoms in total. The number of halogens is 3. The quantitative estimate of drug-likeness (QED) is 0.600. The van der Waals surface area contributed by atoms with Crippen LogP contribution < -0.4 is 0 Å². The molecule has 0 bridgehead atoms. The van der Waals surface area contributed by atoms with Gasteiger partial charge >= 0.3 is 0 Å². The maximum Gasteiger partial charge on any atom is 0.126 e. The average molecular weight is 177 g/mol. The molecule has 0 aromatic heterocycles. The van der Waals surface area contributed by atoms with Gasteiger partial charge in [-0.15, -0.1) is 34.8 Å². The van der Waals surface area contributed by atoms with Crippen molar-refractivity contribution in [2.75, 3.05) is 13.7 Å². The first kappa shape index (κ1) is 8.83. The molecule has 0 amide bonds. The second-order valence-corrected chi connectivity index (χ2v) is 3.03. The smallest absolute Gasteiger partial charge is 0.126 e. The molecule has 1 unspecified atom stereocenters. The van der Waals surface area contributed by atoms with E-state index in [1.54, 1.807) is 7.11 Å². The SMILES string of the molecule is COCC(Cl)C(Cl)Cl. The Morgan fingerprint density at radius 1 is 1.38 bits per heavy atom. The number of hydrogen-bond donors (Lipinski definition) is 0. The van der Waals surface area contributed by atoms with Gasteiger partial charge in [0, 0.05) is 7.11 Å². The van der Waals surface area contributed by atoms with Crippen LogP contribution in [0, 0.1) is 0 Å². The molecule has 8 heavy (non-hydrogen) atoms. The maximum atomic E-state index is 5.53. The van der Waals surface area contributed by atoms with Crippen LogP contribution in [0.3, 0.4) is 0 Å². The summed E-state index contributed by atoms with van der Waals surface area (Å²) in [4.78, 5) is -0.545. The van der Waals surface area contributed by atoms with Crippen molar-refractivity contribution in [2.45, 2.75) is 10.2 Å². The number of alkyl halides is 3. The minimum atomic E-state index is -0.545. The van der Waals surface area contributed by atoms with Crippen molar-refractivity contribution in [1.29, 1.82) is 0 Å². The highest BCUT2D eigenvalue weighted by atomic mass is 35.5. The molecule has 0 aromatic carbocycles. The van der Waals surface area contributed by atoms with Gasteiger partial charge in [0.15, 0.2) is 0 Å². The van der Waals surface area contributed by atoms with Gasteiger partial charge in [-0.2, -0.15) is 0 Å². The standard InChI is InChI=1S/C4H7Cl3O/c1-8-2-3(5)4(6)7/h3-4H,2H2,1H3. The molecule has 0 aliphatic carbocycles. The van der Waals surface area contributed by atoms with Gasteiger partial charge in [0.05, 0.1) is 12.0 Å². The van der Waals surface area contributed by atoms with Crippen molar-refractivity contribution in [3.63, 3.8) is 0 Å². The fraction of sp³-hybridized carbons (Fsp3) is 1.00. The maximum absolute atomic E-state index is 5.53. The number of rotatable bonds is 3. The van der Waals surface area contributed by atoms with E-state index in [9.17, 15) is 0 Å². The fourth-order valence-corrected chi connectivity index (χ4v) is 0.503.